The summed E-state index contributed by atoms with van der Waals surface area (Å²) in [7, 11) is 0. The van der Waals surface area contributed by atoms with Crippen molar-refractivity contribution in [1.82, 2.24) is 0 Å². The first-order valence-electron chi connectivity index (χ1n) is 7.67. The minimum atomic E-state index is -0.324. The van der Waals surface area contributed by atoms with Crippen LogP contribution < -0.4 is 10.4 Å². The molecule has 116 valence electrons. The maximum atomic E-state index is 11.6. The summed E-state index contributed by atoms with van der Waals surface area (Å²) in [4.78, 5) is 11.6. The summed E-state index contributed by atoms with van der Waals surface area (Å²) in [5, 5.41) is 0.958. The number of aryl methyl sites for hydroxylation is 1. The van der Waals surface area contributed by atoms with Gasteiger partial charge in [0.25, 0.3) is 0 Å². The first-order valence-corrected chi connectivity index (χ1v) is 7.67. The lowest BCUT2D eigenvalue weighted by molar-refractivity contribution is 0.363. The SMILES string of the molecule is CCc1cc(=O)oc2cc(OCC=Cc3ccccc3)ccc12. The molecule has 0 aliphatic carbocycles. The lowest BCUT2D eigenvalue weighted by Gasteiger charge is -2.06. The second kappa shape index (κ2) is 6.97. The first-order chi connectivity index (χ1) is 11.3. The normalized spacial score (nSPS) is 11.2. The van der Waals surface area contributed by atoms with Crippen LogP contribution in [-0.2, 0) is 6.42 Å². The summed E-state index contributed by atoms with van der Waals surface area (Å²) in [6.45, 7) is 2.48. The van der Waals surface area contributed by atoms with Crippen LogP contribution in [0.1, 0.15) is 18.1 Å². The average molecular weight is 306 g/mol. The molecule has 1 heterocycles. The fraction of sp³-hybridized carbons (Fsp3) is 0.150. The molecule has 0 saturated carbocycles. The molecule has 3 nitrogen and oxygen atoms in total. The molecule has 0 bridgehead atoms. The number of ether oxygens (including phenoxy) is 1. The molecule has 1 aromatic heterocycles. The quantitative estimate of drug-likeness (QED) is 0.654. The van der Waals surface area contributed by atoms with Crippen LogP contribution in [-0.4, -0.2) is 6.61 Å². The molecule has 0 aliphatic heterocycles. The summed E-state index contributed by atoms with van der Waals surface area (Å²) in [5.74, 6) is 0.687. The summed E-state index contributed by atoms with van der Waals surface area (Å²) in [6.07, 6.45) is 4.76. The average Bonchev–Trinajstić information content (AvgIpc) is 2.58. The van der Waals surface area contributed by atoms with E-state index >= 15 is 0 Å². The number of hydrogen-bond acceptors (Lipinski definition) is 3. The van der Waals surface area contributed by atoms with Crippen LogP contribution in [0, 0.1) is 0 Å². The molecule has 0 fully saturated rings. The van der Waals surface area contributed by atoms with E-state index in [0.717, 1.165) is 22.9 Å². The summed E-state index contributed by atoms with van der Waals surface area (Å²) in [6, 6.07) is 17.2. The standard InChI is InChI=1S/C20H18O3/c1-2-16-13-20(21)23-19-14-17(10-11-18(16)19)22-12-6-9-15-7-4-3-5-8-15/h3-11,13-14H,2,12H2,1H3. The molecule has 0 aliphatic rings. The van der Waals surface area contributed by atoms with Crippen molar-refractivity contribution in [1.29, 1.82) is 0 Å². The van der Waals surface area contributed by atoms with Crippen molar-refractivity contribution >= 4 is 17.0 Å². The molecule has 2 aromatic carbocycles. The minimum absolute atomic E-state index is 0.324. The van der Waals surface area contributed by atoms with E-state index in [1.807, 2.05) is 61.5 Å². The van der Waals surface area contributed by atoms with Gasteiger partial charge in [-0.3, -0.25) is 0 Å². The summed E-state index contributed by atoms with van der Waals surface area (Å²) >= 11 is 0. The van der Waals surface area contributed by atoms with Gasteiger partial charge in [0.05, 0.1) is 0 Å². The highest BCUT2D eigenvalue weighted by Crippen LogP contribution is 2.23. The molecule has 0 unspecified atom stereocenters. The molecule has 0 spiro atoms. The maximum absolute atomic E-state index is 11.6. The molecule has 3 rings (SSSR count). The zero-order chi connectivity index (χ0) is 16.1. The Balaban J connectivity index is 1.74. The van der Waals surface area contributed by atoms with E-state index in [2.05, 4.69) is 0 Å². The van der Waals surface area contributed by atoms with E-state index in [1.165, 1.54) is 0 Å². The van der Waals surface area contributed by atoms with Gasteiger partial charge in [-0.25, -0.2) is 4.79 Å². The number of fused-ring (bicyclic) bond motifs is 1. The Morgan fingerprint density at radius 2 is 1.91 bits per heavy atom. The second-order valence-electron chi connectivity index (χ2n) is 5.23. The maximum Gasteiger partial charge on any atom is 0.336 e. The van der Waals surface area contributed by atoms with Gasteiger partial charge in [0, 0.05) is 17.5 Å². The van der Waals surface area contributed by atoms with Gasteiger partial charge in [0.15, 0.2) is 0 Å². The number of rotatable bonds is 5. The number of benzene rings is 2. The smallest absolute Gasteiger partial charge is 0.336 e. The van der Waals surface area contributed by atoms with Crippen molar-refractivity contribution < 1.29 is 9.15 Å². The van der Waals surface area contributed by atoms with Crippen LogP contribution >= 0.6 is 0 Å². The topological polar surface area (TPSA) is 39.4 Å². The van der Waals surface area contributed by atoms with E-state index in [1.54, 1.807) is 12.1 Å². The fourth-order valence-electron chi connectivity index (χ4n) is 2.49. The molecule has 0 radical (unpaired) electrons. The molecular formula is C20H18O3. The van der Waals surface area contributed by atoms with Crippen LogP contribution in [0.15, 0.2) is 69.9 Å². The van der Waals surface area contributed by atoms with Crippen LogP contribution in [0.2, 0.25) is 0 Å². The van der Waals surface area contributed by atoms with Gasteiger partial charge < -0.3 is 9.15 Å². The van der Waals surface area contributed by atoms with Crippen LogP contribution in [0.5, 0.6) is 5.75 Å². The van der Waals surface area contributed by atoms with Crippen molar-refractivity contribution in [2.75, 3.05) is 6.61 Å². The van der Waals surface area contributed by atoms with Gasteiger partial charge in [-0.2, -0.15) is 0 Å². The monoisotopic (exact) mass is 306 g/mol. The van der Waals surface area contributed by atoms with Crippen LogP contribution in [0.3, 0.4) is 0 Å². The third kappa shape index (κ3) is 3.69. The van der Waals surface area contributed by atoms with Gasteiger partial charge in [0.2, 0.25) is 0 Å². The van der Waals surface area contributed by atoms with Crippen molar-refractivity contribution in [3.05, 3.63) is 82.2 Å². The van der Waals surface area contributed by atoms with Gasteiger partial charge in [0.1, 0.15) is 17.9 Å². The van der Waals surface area contributed by atoms with Crippen LogP contribution in [0.4, 0.5) is 0 Å². The third-order valence-corrected chi connectivity index (χ3v) is 3.64. The Morgan fingerprint density at radius 3 is 2.70 bits per heavy atom. The molecule has 0 amide bonds. The molecule has 0 saturated heterocycles. The minimum Gasteiger partial charge on any atom is -0.489 e. The Bertz CT molecular complexity index is 876. The van der Waals surface area contributed by atoms with Crippen molar-refractivity contribution in [3.63, 3.8) is 0 Å². The van der Waals surface area contributed by atoms with E-state index in [0.29, 0.717) is 17.9 Å². The molecular weight excluding hydrogens is 288 g/mol. The predicted octanol–water partition coefficient (Wildman–Crippen LogP) is 4.45. The van der Waals surface area contributed by atoms with Crippen LogP contribution in [0.25, 0.3) is 17.0 Å². The molecule has 23 heavy (non-hydrogen) atoms. The Kier molecular flexibility index (Phi) is 4.57. The van der Waals surface area contributed by atoms with Crippen molar-refractivity contribution in [2.45, 2.75) is 13.3 Å². The molecule has 0 N–H and O–H groups in total. The molecule has 3 aromatic rings. The van der Waals surface area contributed by atoms with Gasteiger partial charge in [-0.15, -0.1) is 0 Å². The highest BCUT2D eigenvalue weighted by molar-refractivity contribution is 5.81. The van der Waals surface area contributed by atoms with E-state index in [9.17, 15) is 4.79 Å². The van der Waals surface area contributed by atoms with E-state index in [-0.39, 0.29) is 5.63 Å². The van der Waals surface area contributed by atoms with Crippen molar-refractivity contribution in [3.8, 4) is 5.75 Å². The Morgan fingerprint density at radius 1 is 1.09 bits per heavy atom. The zero-order valence-electron chi connectivity index (χ0n) is 13.0. The lowest BCUT2D eigenvalue weighted by Crippen LogP contribution is -2.00. The van der Waals surface area contributed by atoms with Gasteiger partial charge in [-0.05, 0) is 35.8 Å². The lowest BCUT2D eigenvalue weighted by atomic mass is 10.1. The Hall–Kier alpha value is -2.81. The van der Waals surface area contributed by atoms with E-state index < -0.39 is 0 Å². The highest BCUT2D eigenvalue weighted by atomic mass is 16.5. The largest absolute Gasteiger partial charge is 0.489 e. The zero-order valence-corrected chi connectivity index (χ0v) is 13.0. The predicted molar refractivity (Wildman–Crippen MR) is 92.8 cm³/mol. The molecule has 0 atom stereocenters. The number of hydrogen-bond donors (Lipinski definition) is 0. The summed E-state index contributed by atoms with van der Waals surface area (Å²) in [5.41, 5.74) is 2.37. The van der Waals surface area contributed by atoms with Gasteiger partial charge in [-0.1, -0.05) is 43.3 Å². The first kappa shape index (κ1) is 15.1. The summed E-state index contributed by atoms with van der Waals surface area (Å²) < 4.78 is 11.0. The van der Waals surface area contributed by atoms with Gasteiger partial charge >= 0.3 is 5.63 Å². The highest BCUT2D eigenvalue weighted by Gasteiger charge is 2.05. The van der Waals surface area contributed by atoms with E-state index in [4.69, 9.17) is 9.15 Å². The van der Waals surface area contributed by atoms with Crippen molar-refractivity contribution in [2.24, 2.45) is 0 Å². The second-order valence-corrected chi connectivity index (χ2v) is 5.23. The third-order valence-electron chi connectivity index (χ3n) is 3.64. The fourth-order valence-corrected chi connectivity index (χ4v) is 2.49. The molecule has 3 heteroatoms. The Labute approximate surface area is 134 Å².